The minimum atomic E-state index is -0.474. The number of anilines is 1. The lowest BCUT2D eigenvalue weighted by molar-refractivity contribution is -0.129. The minimum Gasteiger partial charge on any atom is -0.462 e. The number of carbonyl (C=O) groups excluding carboxylic acids is 2. The van der Waals surface area contributed by atoms with Crippen LogP contribution < -0.4 is 5.32 Å². The number of aromatic nitrogens is 1. The molecule has 1 aromatic heterocycles. The Hall–Kier alpha value is -2.11. The molecule has 1 heterocycles. The Morgan fingerprint density at radius 3 is 2.74 bits per heavy atom. The first-order valence-corrected chi connectivity index (χ1v) is 6.07. The molecular weight excluding hydrogens is 246 g/mol. The average Bonchev–Trinajstić information content (AvgIpc) is 2.38. The van der Waals surface area contributed by atoms with Gasteiger partial charge in [-0.2, -0.15) is 0 Å². The molecule has 0 radical (unpaired) electrons. The van der Waals surface area contributed by atoms with Crippen LogP contribution in [-0.4, -0.2) is 48.5 Å². The van der Waals surface area contributed by atoms with Crippen molar-refractivity contribution in [1.29, 1.82) is 0 Å². The third-order valence-corrected chi connectivity index (χ3v) is 2.47. The predicted molar refractivity (Wildman–Crippen MR) is 72.0 cm³/mol. The minimum absolute atomic E-state index is 0.0968. The number of esters is 1. The average molecular weight is 265 g/mol. The largest absolute Gasteiger partial charge is 0.462 e. The third kappa shape index (κ3) is 3.94. The lowest BCUT2D eigenvalue weighted by atomic mass is 10.2. The fourth-order valence-electron chi connectivity index (χ4n) is 1.55. The molecule has 1 N–H and O–H groups in total. The van der Waals surface area contributed by atoms with Gasteiger partial charge >= 0.3 is 5.97 Å². The molecule has 1 unspecified atom stereocenters. The topological polar surface area (TPSA) is 71.5 Å². The fourth-order valence-corrected chi connectivity index (χ4v) is 1.55. The van der Waals surface area contributed by atoms with Gasteiger partial charge in [-0.1, -0.05) is 0 Å². The number of hydrogen-bond donors (Lipinski definition) is 1. The molecule has 0 aliphatic rings. The zero-order valence-electron chi connectivity index (χ0n) is 11.6. The highest BCUT2D eigenvalue weighted by atomic mass is 16.5. The first kappa shape index (κ1) is 14.9. The van der Waals surface area contributed by atoms with Crippen molar-refractivity contribution >= 4 is 17.7 Å². The van der Waals surface area contributed by atoms with Crippen molar-refractivity contribution in [3.63, 3.8) is 0 Å². The van der Waals surface area contributed by atoms with Crippen molar-refractivity contribution in [3.05, 3.63) is 23.9 Å². The molecule has 0 saturated heterocycles. The number of carbonyl (C=O) groups is 2. The Labute approximate surface area is 112 Å². The van der Waals surface area contributed by atoms with Gasteiger partial charge in [-0.25, -0.2) is 9.78 Å². The van der Waals surface area contributed by atoms with E-state index in [1.54, 1.807) is 46.3 Å². The Kier molecular flexibility index (Phi) is 5.29. The smallest absolute Gasteiger partial charge is 0.341 e. The van der Waals surface area contributed by atoms with Crippen LogP contribution >= 0.6 is 0 Å². The van der Waals surface area contributed by atoms with Gasteiger partial charge in [0, 0.05) is 20.3 Å². The predicted octanol–water partition coefficient (Wildman–Crippen LogP) is 1.15. The Morgan fingerprint density at radius 1 is 1.47 bits per heavy atom. The van der Waals surface area contributed by atoms with Gasteiger partial charge in [0.25, 0.3) is 0 Å². The number of likely N-dealkylation sites (N-methyl/N-ethyl adjacent to an activating group) is 1. The molecule has 0 fully saturated rings. The second-order valence-electron chi connectivity index (χ2n) is 4.22. The molecule has 0 aliphatic carbocycles. The quantitative estimate of drug-likeness (QED) is 0.808. The van der Waals surface area contributed by atoms with E-state index in [0.717, 1.165) is 0 Å². The zero-order chi connectivity index (χ0) is 14.4. The maximum Gasteiger partial charge on any atom is 0.341 e. The molecule has 0 saturated carbocycles. The number of ether oxygens (including phenoxy) is 1. The maximum atomic E-state index is 11.8. The van der Waals surface area contributed by atoms with E-state index in [1.807, 2.05) is 0 Å². The summed E-state index contributed by atoms with van der Waals surface area (Å²) in [5.74, 6) is -0.202. The number of amides is 1. The molecule has 0 bridgehead atoms. The van der Waals surface area contributed by atoms with E-state index < -0.39 is 12.0 Å². The summed E-state index contributed by atoms with van der Waals surface area (Å²) in [6.45, 7) is 3.74. The number of nitrogens with one attached hydrogen (secondary N) is 1. The van der Waals surface area contributed by atoms with Crippen LogP contribution in [0.5, 0.6) is 0 Å². The summed E-state index contributed by atoms with van der Waals surface area (Å²) in [6, 6.07) is 2.79. The van der Waals surface area contributed by atoms with Crippen molar-refractivity contribution in [2.75, 3.05) is 26.0 Å². The van der Waals surface area contributed by atoms with Crippen LogP contribution in [0.2, 0.25) is 0 Å². The summed E-state index contributed by atoms with van der Waals surface area (Å²) in [5.41, 5.74) is 0.322. The van der Waals surface area contributed by atoms with Crippen LogP contribution in [0, 0.1) is 0 Å². The molecule has 6 nitrogen and oxygen atoms in total. The van der Waals surface area contributed by atoms with Gasteiger partial charge in [0.2, 0.25) is 5.91 Å². The van der Waals surface area contributed by atoms with Gasteiger partial charge in [0.1, 0.15) is 17.4 Å². The highest BCUT2D eigenvalue weighted by Crippen LogP contribution is 2.14. The standard InChI is InChI=1S/C13H19N3O3/c1-5-19-13(18)10-7-6-8-14-11(10)15-9(2)12(17)16(3)4/h6-9H,5H2,1-4H3,(H,14,15). The summed E-state index contributed by atoms with van der Waals surface area (Å²) < 4.78 is 4.94. The first-order valence-electron chi connectivity index (χ1n) is 6.07. The first-order chi connectivity index (χ1) is 8.97. The van der Waals surface area contributed by atoms with Crippen molar-refractivity contribution < 1.29 is 14.3 Å². The highest BCUT2D eigenvalue weighted by molar-refractivity contribution is 5.95. The normalized spacial score (nSPS) is 11.6. The van der Waals surface area contributed by atoms with E-state index in [4.69, 9.17) is 4.74 Å². The number of nitrogens with zero attached hydrogens (tertiary/aromatic N) is 2. The maximum absolute atomic E-state index is 11.8. The van der Waals surface area contributed by atoms with Crippen molar-refractivity contribution in [2.24, 2.45) is 0 Å². The Bertz CT molecular complexity index is 460. The SMILES string of the molecule is CCOC(=O)c1cccnc1NC(C)C(=O)N(C)C. The lowest BCUT2D eigenvalue weighted by Gasteiger charge is -2.19. The molecule has 1 aromatic rings. The highest BCUT2D eigenvalue weighted by Gasteiger charge is 2.19. The molecule has 0 aliphatic heterocycles. The summed E-state index contributed by atoms with van der Waals surface area (Å²) in [4.78, 5) is 29.1. The number of hydrogen-bond acceptors (Lipinski definition) is 5. The molecule has 19 heavy (non-hydrogen) atoms. The number of rotatable bonds is 5. The van der Waals surface area contributed by atoms with Crippen LogP contribution in [-0.2, 0) is 9.53 Å². The molecular formula is C13H19N3O3. The van der Waals surface area contributed by atoms with Crippen LogP contribution in [0.3, 0.4) is 0 Å². The molecule has 1 amide bonds. The van der Waals surface area contributed by atoms with E-state index in [0.29, 0.717) is 18.0 Å². The summed E-state index contributed by atoms with van der Waals surface area (Å²) >= 11 is 0. The fraction of sp³-hybridized carbons (Fsp3) is 0.462. The van der Waals surface area contributed by atoms with Gasteiger partial charge in [-0.05, 0) is 26.0 Å². The number of pyridine rings is 1. The Morgan fingerprint density at radius 2 is 2.16 bits per heavy atom. The molecule has 1 atom stereocenters. The zero-order valence-corrected chi connectivity index (χ0v) is 11.6. The van der Waals surface area contributed by atoms with Crippen LogP contribution in [0.25, 0.3) is 0 Å². The molecule has 1 rings (SSSR count). The van der Waals surface area contributed by atoms with E-state index in [9.17, 15) is 9.59 Å². The van der Waals surface area contributed by atoms with Crippen LogP contribution in [0.1, 0.15) is 24.2 Å². The van der Waals surface area contributed by atoms with E-state index >= 15 is 0 Å². The summed E-state index contributed by atoms with van der Waals surface area (Å²) in [7, 11) is 3.34. The third-order valence-electron chi connectivity index (χ3n) is 2.47. The molecule has 0 aromatic carbocycles. The van der Waals surface area contributed by atoms with Crippen LogP contribution in [0.15, 0.2) is 18.3 Å². The Balaban J connectivity index is 2.89. The second kappa shape index (κ2) is 6.72. The van der Waals surface area contributed by atoms with E-state index in [-0.39, 0.29) is 5.91 Å². The van der Waals surface area contributed by atoms with Crippen LogP contribution in [0.4, 0.5) is 5.82 Å². The molecule has 0 spiro atoms. The van der Waals surface area contributed by atoms with Gasteiger partial charge < -0.3 is 15.0 Å². The van der Waals surface area contributed by atoms with E-state index in [2.05, 4.69) is 10.3 Å². The second-order valence-corrected chi connectivity index (χ2v) is 4.22. The molecule has 104 valence electrons. The van der Waals surface area contributed by atoms with Crippen molar-refractivity contribution in [1.82, 2.24) is 9.88 Å². The molecule has 6 heteroatoms. The van der Waals surface area contributed by atoms with Gasteiger partial charge in [-0.15, -0.1) is 0 Å². The van der Waals surface area contributed by atoms with Gasteiger partial charge in [0.15, 0.2) is 0 Å². The monoisotopic (exact) mass is 265 g/mol. The van der Waals surface area contributed by atoms with Crippen molar-refractivity contribution in [2.45, 2.75) is 19.9 Å². The van der Waals surface area contributed by atoms with E-state index in [1.165, 1.54) is 4.90 Å². The summed E-state index contributed by atoms with van der Waals surface area (Å²) in [5, 5.41) is 2.93. The van der Waals surface area contributed by atoms with Gasteiger partial charge in [-0.3, -0.25) is 4.79 Å². The van der Waals surface area contributed by atoms with Gasteiger partial charge in [0.05, 0.1) is 6.61 Å². The summed E-state index contributed by atoms with van der Waals surface area (Å²) in [6.07, 6.45) is 1.55. The lowest BCUT2D eigenvalue weighted by Crippen LogP contribution is -2.37. The van der Waals surface area contributed by atoms with Crippen molar-refractivity contribution in [3.8, 4) is 0 Å².